The second-order valence-electron chi connectivity index (χ2n) is 5.87. The van der Waals surface area contributed by atoms with Crippen LogP contribution in [0.4, 0.5) is 0 Å². The molecule has 1 saturated carbocycles. The number of ether oxygens (including phenoxy) is 1. The maximum Gasteiger partial charge on any atom is 0.325 e. The Balaban J connectivity index is 2.66. The van der Waals surface area contributed by atoms with Crippen LogP contribution >= 0.6 is 0 Å². The van der Waals surface area contributed by atoms with Gasteiger partial charge in [-0.3, -0.25) is 9.69 Å². The highest BCUT2D eigenvalue weighted by molar-refractivity contribution is 5.80. The molecule has 0 spiro atoms. The van der Waals surface area contributed by atoms with E-state index in [4.69, 9.17) is 4.74 Å². The lowest BCUT2D eigenvalue weighted by Crippen LogP contribution is -2.54. The molecule has 1 aliphatic rings. The van der Waals surface area contributed by atoms with Crippen LogP contribution in [0.15, 0.2) is 0 Å². The summed E-state index contributed by atoms with van der Waals surface area (Å²) < 4.78 is 4.98. The highest BCUT2D eigenvalue weighted by Gasteiger charge is 2.39. The number of nitrogens with one attached hydrogen (secondary N) is 1. The minimum absolute atomic E-state index is 0.153. The molecule has 1 N–H and O–H groups in total. The summed E-state index contributed by atoms with van der Waals surface area (Å²) in [5.41, 5.74) is -0.577. The topological polar surface area (TPSA) is 41.6 Å². The standard InChI is InChI=1S/C15H30N2O2/c1-6-10-16-15(4,14(18)19-5)11-12(3)17(7-2)13-8-9-13/h12-13,16H,6-11H2,1-5H3. The van der Waals surface area contributed by atoms with Gasteiger partial charge in [0.15, 0.2) is 0 Å². The first kappa shape index (κ1) is 16.4. The molecular formula is C15H30N2O2. The van der Waals surface area contributed by atoms with E-state index in [2.05, 4.69) is 31.0 Å². The van der Waals surface area contributed by atoms with Crippen molar-refractivity contribution in [3.05, 3.63) is 0 Å². The molecule has 1 rings (SSSR count). The van der Waals surface area contributed by atoms with Crippen molar-refractivity contribution >= 4 is 5.97 Å². The molecule has 0 amide bonds. The molecule has 0 aromatic heterocycles. The molecule has 112 valence electrons. The Morgan fingerprint density at radius 1 is 1.47 bits per heavy atom. The molecule has 19 heavy (non-hydrogen) atoms. The third-order valence-corrected chi connectivity index (χ3v) is 4.05. The van der Waals surface area contributed by atoms with Gasteiger partial charge in [0.1, 0.15) is 5.54 Å². The number of methoxy groups -OCH3 is 1. The molecule has 2 unspecified atom stereocenters. The predicted molar refractivity (Wildman–Crippen MR) is 78.2 cm³/mol. The van der Waals surface area contributed by atoms with Gasteiger partial charge in [0.05, 0.1) is 7.11 Å². The van der Waals surface area contributed by atoms with Crippen LogP contribution in [0.5, 0.6) is 0 Å². The van der Waals surface area contributed by atoms with Crippen LogP contribution in [-0.4, -0.2) is 48.7 Å². The fourth-order valence-electron chi connectivity index (χ4n) is 2.90. The highest BCUT2D eigenvalue weighted by atomic mass is 16.5. The van der Waals surface area contributed by atoms with Crippen molar-refractivity contribution in [3.8, 4) is 0 Å². The Morgan fingerprint density at radius 3 is 2.53 bits per heavy atom. The lowest BCUT2D eigenvalue weighted by Gasteiger charge is -2.35. The Morgan fingerprint density at radius 2 is 2.11 bits per heavy atom. The number of carbonyl (C=O) groups excluding carboxylic acids is 1. The molecule has 1 fully saturated rings. The first-order valence-electron chi connectivity index (χ1n) is 7.57. The van der Waals surface area contributed by atoms with Crippen LogP contribution < -0.4 is 5.32 Å². The van der Waals surface area contributed by atoms with Gasteiger partial charge < -0.3 is 10.1 Å². The van der Waals surface area contributed by atoms with Gasteiger partial charge >= 0.3 is 5.97 Å². The summed E-state index contributed by atoms with van der Waals surface area (Å²) in [6.45, 7) is 10.4. The largest absolute Gasteiger partial charge is 0.468 e. The van der Waals surface area contributed by atoms with E-state index >= 15 is 0 Å². The van der Waals surface area contributed by atoms with Gasteiger partial charge in [-0.05, 0) is 52.6 Å². The van der Waals surface area contributed by atoms with E-state index in [0.717, 1.165) is 32.0 Å². The van der Waals surface area contributed by atoms with Gasteiger partial charge in [-0.25, -0.2) is 0 Å². The third kappa shape index (κ3) is 4.46. The summed E-state index contributed by atoms with van der Waals surface area (Å²) >= 11 is 0. The second-order valence-corrected chi connectivity index (χ2v) is 5.87. The van der Waals surface area contributed by atoms with Gasteiger partial charge in [-0.1, -0.05) is 13.8 Å². The molecule has 0 aromatic rings. The van der Waals surface area contributed by atoms with Crippen LogP contribution in [0.1, 0.15) is 53.4 Å². The van der Waals surface area contributed by atoms with E-state index in [1.54, 1.807) is 0 Å². The zero-order valence-electron chi connectivity index (χ0n) is 13.2. The average Bonchev–Trinajstić information content (AvgIpc) is 3.20. The molecule has 2 atom stereocenters. The van der Waals surface area contributed by atoms with Crippen molar-refractivity contribution in [2.45, 2.75) is 71.0 Å². The maximum atomic E-state index is 12.1. The molecule has 0 bridgehead atoms. The molecule has 4 nitrogen and oxygen atoms in total. The van der Waals surface area contributed by atoms with E-state index in [1.165, 1.54) is 20.0 Å². The van der Waals surface area contributed by atoms with Crippen LogP contribution in [0.25, 0.3) is 0 Å². The van der Waals surface area contributed by atoms with Crippen LogP contribution in [0.3, 0.4) is 0 Å². The molecular weight excluding hydrogens is 240 g/mol. The molecule has 4 heteroatoms. The van der Waals surface area contributed by atoms with Crippen LogP contribution in [0.2, 0.25) is 0 Å². The van der Waals surface area contributed by atoms with Gasteiger partial charge in [-0.2, -0.15) is 0 Å². The summed E-state index contributed by atoms with van der Waals surface area (Å²) in [6, 6.07) is 1.12. The summed E-state index contributed by atoms with van der Waals surface area (Å²) in [4.78, 5) is 14.6. The zero-order chi connectivity index (χ0) is 14.5. The quantitative estimate of drug-likeness (QED) is 0.652. The minimum Gasteiger partial charge on any atom is -0.468 e. The van der Waals surface area contributed by atoms with E-state index in [-0.39, 0.29) is 5.97 Å². The first-order valence-corrected chi connectivity index (χ1v) is 7.57. The maximum absolute atomic E-state index is 12.1. The lowest BCUT2D eigenvalue weighted by molar-refractivity contribution is -0.148. The van der Waals surface area contributed by atoms with Crippen LogP contribution in [0, 0.1) is 0 Å². The smallest absolute Gasteiger partial charge is 0.325 e. The second kappa shape index (κ2) is 7.25. The Kier molecular flexibility index (Phi) is 6.27. The van der Waals surface area contributed by atoms with E-state index in [1.807, 2.05) is 6.92 Å². The first-order chi connectivity index (χ1) is 8.98. The molecule has 0 heterocycles. The lowest BCUT2D eigenvalue weighted by atomic mass is 9.92. The summed E-state index contributed by atoms with van der Waals surface area (Å²) in [7, 11) is 1.47. The van der Waals surface area contributed by atoms with Crippen LogP contribution in [-0.2, 0) is 9.53 Å². The fraction of sp³-hybridized carbons (Fsp3) is 0.933. The number of carbonyl (C=O) groups is 1. The Labute approximate surface area is 117 Å². The highest BCUT2D eigenvalue weighted by Crippen LogP contribution is 2.30. The number of hydrogen-bond donors (Lipinski definition) is 1. The molecule has 0 radical (unpaired) electrons. The summed E-state index contributed by atoms with van der Waals surface area (Å²) in [5, 5.41) is 3.36. The predicted octanol–water partition coefficient (Wildman–Crippen LogP) is 2.18. The van der Waals surface area contributed by atoms with Crippen molar-refractivity contribution in [2.75, 3.05) is 20.2 Å². The monoisotopic (exact) mass is 270 g/mol. The van der Waals surface area contributed by atoms with E-state index in [9.17, 15) is 4.79 Å². The summed E-state index contributed by atoms with van der Waals surface area (Å²) in [6.07, 6.45) is 4.41. The van der Waals surface area contributed by atoms with Gasteiger partial charge in [-0.15, -0.1) is 0 Å². The number of hydrogen-bond acceptors (Lipinski definition) is 4. The molecule has 1 aliphatic carbocycles. The SMILES string of the molecule is CCCNC(C)(CC(C)N(CC)C1CC1)C(=O)OC. The molecule has 0 aliphatic heterocycles. The van der Waals surface area contributed by atoms with Crippen molar-refractivity contribution in [1.29, 1.82) is 0 Å². The van der Waals surface area contributed by atoms with E-state index < -0.39 is 5.54 Å². The molecule has 0 aromatic carbocycles. The van der Waals surface area contributed by atoms with Crippen molar-refractivity contribution in [3.63, 3.8) is 0 Å². The van der Waals surface area contributed by atoms with E-state index in [0.29, 0.717) is 6.04 Å². The normalized spacial score (nSPS) is 20.1. The Hall–Kier alpha value is -0.610. The number of esters is 1. The number of nitrogens with zero attached hydrogens (tertiary/aromatic N) is 1. The average molecular weight is 270 g/mol. The van der Waals surface area contributed by atoms with Crippen molar-refractivity contribution in [2.24, 2.45) is 0 Å². The Bertz CT molecular complexity index is 292. The van der Waals surface area contributed by atoms with Gasteiger partial charge in [0, 0.05) is 12.1 Å². The van der Waals surface area contributed by atoms with Gasteiger partial charge in [0.25, 0.3) is 0 Å². The molecule has 0 saturated heterocycles. The minimum atomic E-state index is -0.577. The third-order valence-electron chi connectivity index (χ3n) is 4.05. The fourth-order valence-corrected chi connectivity index (χ4v) is 2.90. The summed E-state index contributed by atoms with van der Waals surface area (Å²) in [5.74, 6) is -0.153. The van der Waals surface area contributed by atoms with Gasteiger partial charge in [0.2, 0.25) is 0 Å². The zero-order valence-corrected chi connectivity index (χ0v) is 13.2. The number of rotatable bonds is 9. The van der Waals surface area contributed by atoms with Crippen molar-refractivity contribution < 1.29 is 9.53 Å². The van der Waals surface area contributed by atoms with Crippen molar-refractivity contribution in [1.82, 2.24) is 10.2 Å².